The Labute approximate surface area is 106 Å². The zero-order chi connectivity index (χ0) is 13.8. The molecule has 0 radical (unpaired) electrons. The number of rotatable bonds is 4. The first-order valence-electron chi connectivity index (χ1n) is 5.36. The van der Waals surface area contributed by atoms with Crippen LogP contribution in [0, 0.1) is 11.6 Å². The van der Waals surface area contributed by atoms with Crippen LogP contribution in [0.15, 0.2) is 23.0 Å². The fourth-order valence-electron chi connectivity index (χ4n) is 1.42. The zero-order valence-electron chi connectivity index (χ0n) is 9.69. The third kappa shape index (κ3) is 3.03. The van der Waals surface area contributed by atoms with Crippen LogP contribution in [0.4, 0.5) is 14.5 Å². The average molecular weight is 268 g/mol. The number of carbonyl (C=O) groups is 1. The van der Waals surface area contributed by atoms with Crippen LogP contribution in [-0.2, 0) is 6.42 Å². The van der Waals surface area contributed by atoms with E-state index in [4.69, 9.17) is 10.3 Å². The number of carbonyl (C=O) groups excluding carboxylic acids is 1. The van der Waals surface area contributed by atoms with Crippen LogP contribution < -0.4 is 11.1 Å². The average Bonchev–Trinajstić information content (AvgIpc) is 2.86. The van der Waals surface area contributed by atoms with Gasteiger partial charge < -0.3 is 15.6 Å². The second-order valence-corrected chi connectivity index (χ2v) is 3.69. The van der Waals surface area contributed by atoms with Crippen molar-refractivity contribution >= 4 is 11.6 Å². The standard InChI is InChI=1S/C11H10F2N4O2/c12-7-4-8(13)9(14)3-6(7)11(18)15-2-1-10-16-5-17-19-10/h3-5H,1-2,14H2,(H,15,18). The molecule has 0 aliphatic heterocycles. The molecule has 0 atom stereocenters. The number of hydrogen-bond acceptors (Lipinski definition) is 5. The molecule has 1 heterocycles. The Bertz CT molecular complexity index is 587. The minimum atomic E-state index is -0.970. The largest absolute Gasteiger partial charge is 0.396 e. The highest BCUT2D eigenvalue weighted by Crippen LogP contribution is 2.16. The maximum absolute atomic E-state index is 13.4. The number of aromatic nitrogens is 2. The van der Waals surface area contributed by atoms with Gasteiger partial charge in [-0.15, -0.1) is 0 Å². The van der Waals surface area contributed by atoms with Crippen molar-refractivity contribution in [2.24, 2.45) is 0 Å². The third-order valence-electron chi connectivity index (χ3n) is 2.36. The molecule has 19 heavy (non-hydrogen) atoms. The monoisotopic (exact) mass is 268 g/mol. The van der Waals surface area contributed by atoms with Gasteiger partial charge in [-0.25, -0.2) is 8.78 Å². The summed E-state index contributed by atoms with van der Waals surface area (Å²) in [6.45, 7) is 0.178. The van der Waals surface area contributed by atoms with Gasteiger partial charge in [-0.05, 0) is 6.07 Å². The number of amides is 1. The smallest absolute Gasteiger partial charge is 0.254 e. The Morgan fingerprint density at radius 3 is 2.84 bits per heavy atom. The Morgan fingerprint density at radius 1 is 1.37 bits per heavy atom. The minimum Gasteiger partial charge on any atom is -0.396 e. The molecule has 100 valence electrons. The van der Waals surface area contributed by atoms with Crippen molar-refractivity contribution in [2.75, 3.05) is 12.3 Å². The maximum atomic E-state index is 13.4. The molecule has 1 aromatic heterocycles. The highest BCUT2D eigenvalue weighted by molar-refractivity contribution is 5.95. The van der Waals surface area contributed by atoms with E-state index in [9.17, 15) is 13.6 Å². The molecule has 2 rings (SSSR count). The van der Waals surface area contributed by atoms with E-state index in [0.717, 1.165) is 6.07 Å². The van der Waals surface area contributed by atoms with Crippen LogP contribution in [0.25, 0.3) is 0 Å². The lowest BCUT2D eigenvalue weighted by molar-refractivity contribution is 0.0949. The number of nitrogen functional groups attached to an aromatic ring is 1. The fourth-order valence-corrected chi connectivity index (χ4v) is 1.42. The van der Waals surface area contributed by atoms with E-state index >= 15 is 0 Å². The highest BCUT2D eigenvalue weighted by atomic mass is 19.1. The Morgan fingerprint density at radius 2 is 2.16 bits per heavy atom. The van der Waals surface area contributed by atoms with E-state index in [-0.39, 0.29) is 17.8 Å². The molecule has 0 saturated heterocycles. The van der Waals surface area contributed by atoms with Gasteiger partial charge in [-0.1, -0.05) is 5.16 Å². The second-order valence-electron chi connectivity index (χ2n) is 3.69. The molecule has 0 unspecified atom stereocenters. The summed E-state index contributed by atoms with van der Waals surface area (Å²) >= 11 is 0. The number of nitrogens with one attached hydrogen (secondary N) is 1. The lowest BCUT2D eigenvalue weighted by atomic mass is 10.1. The summed E-state index contributed by atoms with van der Waals surface area (Å²) < 4.78 is 31.0. The first-order valence-corrected chi connectivity index (χ1v) is 5.36. The molecule has 2 aromatic rings. The summed E-state index contributed by atoms with van der Waals surface area (Å²) in [6.07, 6.45) is 1.54. The van der Waals surface area contributed by atoms with Crippen LogP contribution in [0.1, 0.15) is 16.2 Å². The Kier molecular flexibility index (Phi) is 3.69. The van der Waals surface area contributed by atoms with E-state index in [1.165, 1.54) is 6.33 Å². The topological polar surface area (TPSA) is 94.0 Å². The van der Waals surface area contributed by atoms with Crippen molar-refractivity contribution in [2.45, 2.75) is 6.42 Å². The lowest BCUT2D eigenvalue weighted by Crippen LogP contribution is -2.26. The Hall–Kier alpha value is -2.51. The van der Waals surface area contributed by atoms with Crippen molar-refractivity contribution in [3.05, 3.63) is 41.5 Å². The number of benzene rings is 1. The molecular weight excluding hydrogens is 258 g/mol. The van der Waals surface area contributed by atoms with E-state index in [0.29, 0.717) is 18.4 Å². The molecule has 1 amide bonds. The van der Waals surface area contributed by atoms with Gasteiger partial charge in [-0.3, -0.25) is 4.79 Å². The second kappa shape index (κ2) is 5.42. The highest BCUT2D eigenvalue weighted by Gasteiger charge is 2.14. The molecule has 0 aliphatic carbocycles. The maximum Gasteiger partial charge on any atom is 0.254 e. The first-order chi connectivity index (χ1) is 9.08. The number of nitrogens with two attached hydrogens (primary N) is 1. The van der Waals surface area contributed by atoms with Crippen molar-refractivity contribution in [1.29, 1.82) is 0 Å². The number of hydrogen-bond donors (Lipinski definition) is 2. The van der Waals surface area contributed by atoms with Gasteiger partial charge >= 0.3 is 0 Å². The van der Waals surface area contributed by atoms with Gasteiger partial charge in [0.1, 0.15) is 11.6 Å². The van der Waals surface area contributed by atoms with E-state index in [2.05, 4.69) is 15.5 Å². The molecule has 0 saturated carbocycles. The lowest BCUT2D eigenvalue weighted by Gasteiger charge is -2.06. The van der Waals surface area contributed by atoms with Crippen molar-refractivity contribution < 1.29 is 18.1 Å². The predicted octanol–water partition coefficient (Wildman–Crippen LogP) is 0.902. The zero-order valence-corrected chi connectivity index (χ0v) is 9.69. The molecular formula is C11H10F2N4O2. The molecule has 6 nitrogen and oxygen atoms in total. The van der Waals surface area contributed by atoms with E-state index < -0.39 is 17.5 Å². The fraction of sp³-hybridized carbons (Fsp3) is 0.182. The van der Waals surface area contributed by atoms with Gasteiger partial charge in [0.15, 0.2) is 6.33 Å². The third-order valence-corrected chi connectivity index (χ3v) is 2.36. The summed E-state index contributed by atoms with van der Waals surface area (Å²) in [5, 5.41) is 5.84. The van der Waals surface area contributed by atoms with Crippen LogP contribution in [0.2, 0.25) is 0 Å². The molecule has 0 fully saturated rings. The Balaban J connectivity index is 1.98. The predicted molar refractivity (Wildman–Crippen MR) is 61.1 cm³/mol. The summed E-state index contributed by atoms with van der Waals surface area (Å²) in [7, 11) is 0. The SMILES string of the molecule is Nc1cc(C(=O)NCCc2ncno2)c(F)cc1F. The normalized spacial score (nSPS) is 10.4. The quantitative estimate of drug-likeness (QED) is 0.803. The molecule has 0 aliphatic rings. The first kappa shape index (κ1) is 12.9. The van der Waals surface area contributed by atoms with Gasteiger partial charge in [0, 0.05) is 19.0 Å². The van der Waals surface area contributed by atoms with Crippen LogP contribution in [0.3, 0.4) is 0 Å². The van der Waals surface area contributed by atoms with Gasteiger partial charge in [-0.2, -0.15) is 4.98 Å². The van der Waals surface area contributed by atoms with Crippen molar-refractivity contribution in [1.82, 2.24) is 15.5 Å². The molecule has 0 spiro atoms. The van der Waals surface area contributed by atoms with E-state index in [1.807, 2.05) is 0 Å². The van der Waals surface area contributed by atoms with Gasteiger partial charge in [0.05, 0.1) is 11.3 Å². The van der Waals surface area contributed by atoms with E-state index in [1.54, 1.807) is 0 Å². The number of anilines is 1. The summed E-state index contributed by atoms with van der Waals surface area (Å²) in [6, 6.07) is 1.52. The minimum absolute atomic E-state index is 0.178. The van der Waals surface area contributed by atoms with Crippen LogP contribution >= 0.6 is 0 Å². The van der Waals surface area contributed by atoms with Crippen molar-refractivity contribution in [3.63, 3.8) is 0 Å². The van der Waals surface area contributed by atoms with Gasteiger partial charge in [0.2, 0.25) is 5.89 Å². The summed E-state index contributed by atoms with van der Waals surface area (Å²) in [5.74, 6) is -2.22. The summed E-state index contributed by atoms with van der Waals surface area (Å²) in [4.78, 5) is 15.4. The molecule has 1 aromatic carbocycles. The van der Waals surface area contributed by atoms with Crippen molar-refractivity contribution in [3.8, 4) is 0 Å². The molecule has 0 bridgehead atoms. The van der Waals surface area contributed by atoms with Crippen LogP contribution in [-0.4, -0.2) is 22.6 Å². The van der Waals surface area contributed by atoms with Gasteiger partial charge in [0.25, 0.3) is 5.91 Å². The number of nitrogens with zero attached hydrogens (tertiary/aromatic N) is 2. The number of halogens is 2. The molecule has 8 heteroatoms. The summed E-state index contributed by atoms with van der Waals surface area (Å²) in [5.41, 5.74) is 4.67. The molecule has 3 N–H and O–H groups in total. The van der Waals surface area contributed by atoms with Crippen LogP contribution in [0.5, 0.6) is 0 Å².